The molecule has 1 aliphatic heterocycles. The minimum Gasteiger partial charge on any atom is -0.384 e. The molecule has 1 saturated heterocycles. The smallest absolute Gasteiger partial charge is 0.384 e. The normalized spacial score (nSPS) is 26.8. The van der Waals surface area contributed by atoms with Gasteiger partial charge in [0.2, 0.25) is 0 Å². The molecule has 0 amide bonds. The van der Waals surface area contributed by atoms with Crippen LogP contribution in [0.2, 0.25) is 0 Å². The summed E-state index contributed by atoms with van der Waals surface area (Å²) in [6.07, 6.45) is 1.68. The molecule has 5 unspecified atom stereocenters. The molecule has 27 heavy (non-hydrogen) atoms. The van der Waals surface area contributed by atoms with Crippen molar-refractivity contribution in [3.05, 3.63) is 23.9 Å². The summed E-state index contributed by atoms with van der Waals surface area (Å²) in [5.74, 6) is 0.353. The molecule has 0 saturated carbocycles. The number of aromatic nitrogens is 1. The van der Waals surface area contributed by atoms with Crippen LogP contribution < -0.4 is 5.73 Å². The molecule has 0 bridgehead atoms. The first-order valence-corrected chi connectivity index (χ1v) is 11.9. The van der Waals surface area contributed by atoms with Crippen molar-refractivity contribution in [3.63, 3.8) is 0 Å². The van der Waals surface area contributed by atoms with Crippen molar-refractivity contribution in [1.29, 1.82) is 0 Å². The van der Waals surface area contributed by atoms with Crippen molar-refractivity contribution < 1.29 is 50.8 Å². The molecule has 2 rings (SSSR count). The molecule has 1 aliphatic rings. The van der Waals surface area contributed by atoms with Crippen LogP contribution in [0.25, 0.3) is 0 Å². The van der Waals surface area contributed by atoms with Crippen LogP contribution in [0.4, 0.5) is 5.82 Å². The minimum absolute atomic E-state index is 0.319. The van der Waals surface area contributed by atoms with Gasteiger partial charge in [0, 0.05) is 13.3 Å². The van der Waals surface area contributed by atoms with Gasteiger partial charge >= 0.3 is 23.5 Å². The topological polar surface area (TPSA) is 197 Å². The fourth-order valence-electron chi connectivity index (χ4n) is 2.19. The van der Waals surface area contributed by atoms with E-state index in [1.165, 1.54) is 0 Å². The zero-order valence-electron chi connectivity index (χ0n) is 14.0. The summed E-state index contributed by atoms with van der Waals surface area (Å²) in [6.45, 7) is -0.437. The highest BCUT2D eigenvalue weighted by molar-refractivity contribution is 7.66. The third-order valence-corrected chi connectivity index (χ3v) is 7.59. The van der Waals surface area contributed by atoms with Crippen LogP contribution in [0.1, 0.15) is 24.5 Å². The second-order valence-corrected chi connectivity index (χ2v) is 10.1. The molecule has 2 heterocycles. The van der Waals surface area contributed by atoms with Crippen molar-refractivity contribution in [2.75, 3.05) is 19.5 Å². The van der Waals surface area contributed by atoms with Crippen molar-refractivity contribution >= 4 is 29.3 Å². The predicted molar refractivity (Wildman–Crippen MR) is 90.1 cm³/mol. The van der Waals surface area contributed by atoms with Gasteiger partial charge in [-0.25, -0.2) is 18.7 Å². The lowest BCUT2D eigenvalue weighted by Crippen LogP contribution is -2.14. The lowest BCUT2D eigenvalue weighted by Gasteiger charge is -2.19. The molecule has 5 N–H and O–H groups in total. The van der Waals surface area contributed by atoms with Crippen LogP contribution >= 0.6 is 23.5 Å². The zero-order valence-corrected chi connectivity index (χ0v) is 16.7. The van der Waals surface area contributed by atoms with E-state index in [2.05, 4.69) is 22.7 Å². The number of phosphoric acid groups is 3. The monoisotopic (exact) mass is 448 g/mol. The van der Waals surface area contributed by atoms with Crippen LogP contribution in [-0.2, 0) is 36.1 Å². The summed E-state index contributed by atoms with van der Waals surface area (Å²) in [6, 6.07) is 3.34. The summed E-state index contributed by atoms with van der Waals surface area (Å²) >= 11 is 0. The van der Waals surface area contributed by atoms with Crippen LogP contribution in [0, 0.1) is 0 Å². The maximum Gasteiger partial charge on any atom is 0.490 e. The summed E-state index contributed by atoms with van der Waals surface area (Å²) in [5, 5.41) is 0. The molecule has 0 radical (unpaired) electrons. The summed E-state index contributed by atoms with van der Waals surface area (Å²) in [7, 11) is -14.7. The van der Waals surface area contributed by atoms with Gasteiger partial charge in [-0.1, -0.05) is 6.07 Å². The summed E-state index contributed by atoms with van der Waals surface area (Å²) in [4.78, 5) is 31.7. The van der Waals surface area contributed by atoms with Crippen molar-refractivity contribution in [2.45, 2.75) is 25.0 Å². The number of ether oxygens (including phenoxy) is 1. The van der Waals surface area contributed by atoms with Gasteiger partial charge in [-0.15, -0.1) is 0 Å². The van der Waals surface area contributed by atoms with E-state index in [9.17, 15) is 23.5 Å². The largest absolute Gasteiger partial charge is 0.490 e. The molecule has 1 aromatic rings. The number of pyridine rings is 1. The fourth-order valence-corrected chi connectivity index (χ4v) is 5.47. The molecular weight excluding hydrogens is 429 g/mol. The van der Waals surface area contributed by atoms with Gasteiger partial charge in [0.05, 0.1) is 18.8 Å². The van der Waals surface area contributed by atoms with Gasteiger partial charge in [-0.3, -0.25) is 9.05 Å². The van der Waals surface area contributed by atoms with Crippen molar-refractivity contribution in [1.82, 2.24) is 4.98 Å². The van der Waals surface area contributed by atoms with Gasteiger partial charge < -0.3 is 25.2 Å². The van der Waals surface area contributed by atoms with E-state index in [0.29, 0.717) is 18.7 Å². The van der Waals surface area contributed by atoms with Crippen LogP contribution in [-0.4, -0.2) is 39.5 Å². The van der Waals surface area contributed by atoms with E-state index in [-0.39, 0.29) is 6.10 Å². The van der Waals surface area contributed by atoms with Crippen molar-refractivity contribution in [2.24, 2.45) is 0 Å². The summed E-state index contributed by atoms with van der Waals surface area (Å²) in [5.41, 5.74) is 6.27. The van der Waals surface area contributed by atoms with Gasteiger partial charge in [0.15, 0.2) is 0 Å². The van der Waals surface area contributed by atoms with Gasteiger partial charge in [0.25, 0.3) is 0 Å². The highest BCUT2D eigenvalue weighted by atomic mass is 31.3. The molecule has 5 atom stereocenters. The van der Waals surface area contributed by atoms with Gasteiger partial charge in [0.1, 0.15) is 5.82 Å². The Labute approximate surface area is 154 Å². The number of rotatable bonds is 9. The third kappa shape index (κ3) is 7.34. The lowest BCUT2D eigenvalue weighted by atomic mass is 10.1. The quantitative estimate of drug-likeness (QED) is 0.400. The highest BCUT2D eigenvalue weighted by Crippen LogP contribution is 2.67. The number of nitrogens with zero attached hydrogens (tertiary/aromatic N) is 1. The molecule has 0 aliphatic carbocycles. The third-order valence-electron chi connectivity index (χ3n) is 3.36. The number of phosphoric ester groups is 2. The maximum absolute atomic E-state index is 11.8. The zero-order chi connectivity index (χ0) is 20.3. The first-order chi connectivity index (χ1) is 12.4. The number of nitrogens with two attached hydrogens (primary N) is 1. The first kappa shape index (κ1) is 22.6. The Kier molecular flexibility index (Phi) is 7.34. The molecule has 1 aromatic heterocycles. The SMILES string of the molecule is COP(=O)(O)OP(=O)(O)OP(=O)(O)OCC1CCC(c2ccc(N)nc2)O1. The molecule has 13 nitrogen and oxygen atoms in total. The maximum atomic E-state index is 11.8. The van der Waals surface area contributed by atoms with Gasteiger partial charge in [-0.2, -0.15) is 8.62 Å². The Balaban J connectivity index is 1.86. The second kappa shape index (κ2) is 8.77. The van der Waals surface area contributed by atoms with E-state index in [1.807, 2.05) is 0 Å². The Morgan fingerprint density at radius 2 is 1.81 bits per heavy atom. The molecular formula is C11H19N2O11P3. The van der Waals surface area contributed by atoms with Gasteiger partial charge in [-0.05, 0) is 24.5 Å². The van der Waals surface area contributed by atoms with Crippen molar-refractivity contribution in [3.8, 4) is 0 Å². The van der Waals surface area contributed by atoms with Crippen LogP contribution in [0.5, 0.6) is 0 Å². The molecule has 154 valence electrons. The molecule has 16 heteroatoms. The van der Waals surface area contributed by atoms with Crippen LogP contribution in [0.15, 0.2) is 18.3 Å². The number of anilines is 1. The highest BCUT2D eigenvalue weighted by Gasteiger charge is 2.42. The van der Waals surface area contributed by atoms with E-state index in [4.69, 9.17) is 15.4 Å². The van der Waals surface area contributed by atoms with E-state index < -0.39 is 36.2 Å². The fraction of sp³-hybridized carbons (Fsp3) is 0.545. The molecule has 1 fully saturated rings. The molecule has 0 aromatic carbocycles. The second-order valence-electron chi connectivity index (χ2n) is 5.39. The number of hydrogen-bond acceptors (Lipinski definition) is 10. The van der Waals surface area contributed by atoms with Crippen LogP contribution in [0.3, 0.4) is 0 Å². The van der Waals surface area contributed by atoms with E-state index in [0.717, 1.165) is 12.7 Å². The number of nitrogen functional groups attached to an aromatic ring is 1. The van der Waals surface area contributed by atoms with E-state index in [1.54, 1.807) is 18.3 Å². The average Bonchev–Trinajstić information content (AvgIpc) is 3.01. The molecule has 0 spiro atoms. The minimum atomic E-state index is -5.42. The Hall–Kier alpha value is -0.680. The number of hydrogen-bond donors (Lipinski definition) is 4. The predicted octanol–water partition coefficient (Wildman–Crippen LogP) is 1.88. The standard InChI is InChI=1S/C11H19N2O11P3/c1-20-25(14,15)23-27(18,19)24-26(16,17)21-7-9-3-4-10(22-9)8-2-5-11(12)13-6-8/h2,5-6,9-10H,3-4,7H2,1H3,(H2,12,13)(H,14,15)(H,16,17)(H,18,19). The lowest BCUT2D eigenvalue weighted by molar-refractivity contribution is 0.00993. The Bertz CT molecular complexity index is 788. The Morgan fingerprint density at radius 3 is 2.41 bits per heavy atom. The average molecular weight is 448 g/mol. The first-order valence-electron chi connectivity index (χ1n) is 7.39. The van der Waals surface area contributed by atoms with E-state index >= 15 is 0 Å². The summed E-state index contributed by atoms with van der Waals surface area (Å²) < 4.78 is 56.3. The Morgan fingerprint density at radius 1 is 1.15 bits per heavy atom.